The molecule has 2 rings (SSSR count). The lowest BCUT2D eigenvalue weighted by atomic mass is 10.0. The molecule has 2 aliphatic rings. The Labute approximate surface area is 147 Å². The van der Waals surface area contributed by atoms with Crippen LogP contribution in [0.4, 0.5) is 0 Å². The minimum Gasteiger partial charge on any atom is -0.381 e. The molecule has 1 atom stereocenters. The van der Waals surface area contributed by atoms with Crippen LogP contribution in [-0.2, 0) is 4.74 Å². The molecule has 0 spiro atoms. The van der Waals surface area contributed by atoms with E-state index in [1.165, 1.54) is 25.7 Å². The number of nitrogens with zero attached hydrogens (tertiary/aromatic N) is 2. The van der Waals surface area contributed by atoms with Crippen molar-refractivity contribution in [3.05, 3.63) is 0 Å². The summed E-state index contributed by atoms with van der Waals surface area (Å²) in [5.41, 5.74) is 0. The molecule has 124 valence electrons. The number of hydrogen-bond donors (Lipinski definition) is 1. The van der Waals surface area contributed by atoms with Crippen molar-refractivity contribution < 1.29 is 4.74 Å². The predicted octanol–water partition coefficient (Wildman–Crippen LogP) is 3.12. The Morgan fingerprint density at radius 1 is 1.33 bits per heavy atom. The van der Waals surface area contributed by atoms with Gasteiger partial charge >= 0.3 is 0 Å². The molecule has 0 radical (unpaired) electrons. The molecule has 1 saturated carbocycles. The fourth-order valence-electron chi connectivity index (χ4n) is 2.69. The van der Waals surface area contributed by atoms with Gasteiger partial charge in [0.1, 0.15) is 0 Å². The lowest BCUT2D eigenvalue weighted by Crippen LogP contribution is -2.46. The number of rotatable bonds is 7. The molecule has 0 bridgehead atoms. The van der Waals surface area contributed by atoms with E-state index in [1.807, 2.05) is 0 Å². The van der Waals surface area contributed by atoms with Crippen LogP contribution in [0, 0.1) is 11.8 Å². The third-order valence-corrected chi connectivity index (χ3v) is 4.05. The maximum Gasteiger partial charge on any atom is 0.193 e. The highest BCUT2D eigenvalue weighted by molar-refractivity contribution is 14.0. The molecule has 1 aliphatic carbocycles. The van der Waals surface area contributed by atoms with Gasteiger partial charge in [-0.3, -0.25) is 4.99 Å². The Balaban J connectivity index is 0.00000220. The summed E-state index contributed by atoms with van der Waals surface area (Å²) in [6.45, 7) is 10.4. The number of ether oxygens (including phenoxy) is 1. The zero-order valence-electron chi connectivity index (χ0n) is 13.6. The molecule has 1 aliphatic heterocycles. The summed E-state index contributed by atoms with van der Waals surface area (Å²) >= 11 is 0. The second-order valence-electron chi connectivity index (χ2n) is 6.30. The van der Waals surface area contributed by atoms with E-state index in [1.54, 1.807) is 0 Å². The fourth-order valence-corrected chi connectivity index (χ4v) is 2.69. The number of halogens is 1. The van der Waals surface area contributed by atoms with Crippen LogP contribution in [0.15, 0.2) is 4.99 Å². The number of hydrogen-bond acceptors (Lipinski definition) is 2. The first-order valence-electron chi connectivity index (χ1n) is 8.40. The van der Waals surface area contributed by atoms with Gasteiger partial charge < -0.3 is 15.0 Å². The van der Waals surface area contributed by atoms with Gasteiger partial charge in [-0.15, -0.1) is 24.0 Å². The quantitative estimate of drug-likeness (QED) is 0.304. The minimum absolute atomic E-state index is 0. The van der Waals surface area contributed by atoms with Crippen molar-refractivity contribution >= 4 is 29.9 Å². The lowest BCUT2D eigenvalue weighted by molar-refractivity contribution is 0.123. The van der Waals surface area contributed by atoms with E-state index < -0.39 is 0 Å². The normalized spacial score (nSPS) is 22.9. The summed E-state index contributed by atoms with van der Waals surface area (Å²) in [5, 5.41) is 3.43. The third-order valence-electron chi connectivity index (χ3n) is 4.05. The molecular weight excluding hydrogens is 377 g/mol. The Hall–Kier alpha value is -0.0400. The maximum absolute atomic E-state index is 5.66. The average molecular weight is 409 g/mol. The highest BCUT2D eigenvalue weighted by Gasteiger charge is 2.21. The number of guanidine groups is 1. The van der Waals surface area contributed by atoms with Crippen molar-refractivity contribution in [2.24, 2.45) is 16.8 Å². The smallest absolute Gasteiger partial charge is 0.193 e. The molecule has 5 heteroatoms. The predicted molar refractivity (Wildman–Crippen MR) is 99.5 cm³/mol. The van der Waals surface area contributed by atoms with Crippen LogP contribution in [0.25, 0.3) is 0 Å². The van der Waals surface area contributed by atoms with Gasteiger partial charge in [0.15, 0.2) is 5.96 Å². The van der Waals surface area contributed by atoms with Gasteiger partial charge in [-0.25, -0.2) is 0 Å². The van der Waals surface area contributed by atoms with E-state index >= 15 is 0 Å². The standard InChI is InChI=1S/C16H31N3O.HI/c1-3-17-16(19-10-4-6-14(2)12-19)18-9-5-11-20-13-15-7-8-15;/h14-15H,3-13H2,1-2H3,(H,17,18);1H. The molecule has 1 saturated heterocycles. The van der Waals surface area contributed by atoms with E-state index in [0.29, 0.717) is 0 Å². The van der Waals surface area contributed by atoms with Crippen LogP contribution in [0.3, 0.4) is 0 Å². The Bertz CT molecular complexity index is 308. The van der Waals surface area contributed by atoms with Crippen LogP contribution < -0.4 is 5.32 Å². The van der Waals surface area contributed by atoms with Crippen LogP contribution in [0.5, 0.6) is 0 Å². The Morgan fingerprint density at radius 2 is 2.14 bits per heavy atom. The summed E-state index contributed by atoms with van der Waals surface area (Å²) in [5.74, 6) is 2.75. The van der Waals surface area contributed by atoms with Crippen LogP contribution in [-0.4, -0.2) is 50.3 Å². The summed E-state index contributed by atoms with van der Waals surface area (Å²) < 4.78 is 5.66. The summed E-state index contributed by atoms with van der Waals surface area (Å²) in [7, 11) is 0. The summed E-state index contributed by atoms with van der Waals surface area (Å²) in [4.78, 5) is 7.17. The molecule has 2 fully saturated rings. The molecule has 0 aromatic rings. The van der Waals surface area contributed by atoms with Crippen LogP contribution in [0.1, 0.15) is 46.0 Å². The van der Waals surface area contributed by atoms with Gasteiger partial charge in [-0.05, 0) is 50.9 Å². The molecule has 1 heterocycles. The monoisotopic (exact) mass is 409 g/mol. The first-order chi connectivity index (χ1) is 9.79. The lowest BCUT2D eigenvalue weighted by Gasteiger charge is -2.33. The summed E-state index contributed by atoms with van der Waals surface area (Å²) in [6, 6.07) is 0. The van der Waals surface area contributed by atoms with Crippen LogP contribution in [0.2, 0.25) is 0 Å². The molecule has 0 amide bonds. The van der Waals surface area contributed by atoms with Gasteiger partial charge in [0, 0.05) is 39.4 Å². The molecule has 1 unspecified atom stereocenters. The average Bonchev–Trinajstić information content (AvgIpc) is 3.25. The molecule has 4 nitrogen and oxygen atoms in total. The molecule has 1 N–H and O–H groups in total. The fraction of sp³-hybridized carbons (Fsp3) is 0.938. The van der Waals surface area contributed by atoms with Crippen LogP contribution >= 0.6 is 24.0 Å². The maximum atomic E-state index is 5.66. The second kappa shape index (κ2) is 10.6. The topological polar surface area (TPSA) is 36.9 Å². The highest BCUT2D eigenvalue weighted by Crippen LogP contribution is 2.28. The number of likely N-dealkylation sites (tertiary alicyclic amines) is 1. The molecular formula is C16H32IN3O. The second-order valence-corrected chi connectivity index (χ2v) is 6.30. The van der Waals surface area contributed by atoms with E-state index in [2.05, 4.69) is 24.1 Å². The van der Waals surface area contributed by atoms with Crippen molar-refractivity contribution in [3.63, 3.8) is 0 Å². The number of piperidine rings is 1. The van der Waals surface area contributed by atoms with Crippen molar-refractivity contribution in [3.8, 4) is 0 Å². The Kier molecular flexibility index (Phi) is 9.64. The summed E-state index contributed by atoms with van der Waals surface area (Å²) in [6.07, 6.45) is 6.41. The van der Waals surface area contributed by atoms with Crippen molar-refractivity contribution in [1.82, 2.24) is 10.2 Å². The van der Waals surface area contributed by atoms with Crippen molar-refractivity contribution in [2.75, 3.05) is 39.4 Å². The molecule has 0 aromatic carbocycles. The van der Waals surface area contributed by atoms with E-state index in [0.717, 1.165) is 63.6 Å². The van der Waals surface area contributed by atoms with E-state index in [9.17, 15) is 0 Å². The highest BCUT2D eigenvalue weighted by atomic mass is 127. The zero-order chi connectivity index (χ0) is 14.2. The zero-order valence-corrected chi connectivity index (χ0v) is 16.0. The minimum atomic E-state index is 0. The number of nitrogens with one attached hydrogen (secondary N) is 1. The van der Waals surface area contributed by atoms with E-state index in [-0.39, 0.29) is 24.0 Å². The SMILES string of the molecule is CCNC(=NCCCOCC1CC1)N1CCCC(C)C1.I. The van der Waals surface area contributed by atoms with Crippen molar-refractivity contribution in [2.45, 2.75) is 46.0 Å². The third kappa shape index (κ3) is 7.68. The van der Waals surface area contributed by atoms with E-state index in [4.69, 9.17) is 9.73 Å². The largest absolute Gasteiger partial charge is 0.381 e. The Morgan fingerprint density at radius 3 is 2.81 bits per heavy atom. The van der Waals surface area contributed by atoms with Gasteiger partial charge in [-0.1, -0.05) is 6.92 Å². The first-order valence-corrected chi connectivity index (χ1v) is 8.40. The van der Waals surface area contributed by atoms with Gasteiger partial charge in [0.2, 0.25) is 0 Å². The first kappa shape index (κ1) is 19.0. The van der Waals surface area contributed by atoms with Crippen molar-refractivity contribution in [1.29, 1.82) is 0 Å². The molecule has 0 aromatic heterocycles. The van der Waals surface area contributed by atoms with Gasteiger partial charge in [0.05, 0.1) is 0 Å². The van der Waals surface area contributed by atoms with Gasteiger partial charge in [-0.2, -0.15) is 0 Å². The molecule has 21 heavy (non-hydrogen) atoms. The number of aliphatic imine (C=N–C) groups is 1. The van der Waals surface area contributed by atoms with Gasteiger partial charge in [0.25, 0.3) is 0 Å².